The van der Waals surface area contributed by atoms with Crippen LogP contribution in [0, 0.1) is 0 Å². The number of hydrogen-bond acceptors (Lipinski definition) is 4. The molecule has 3 heterocycles. The molecule has 0 N–H and O–H groups in total. The number of nitrogens with zero attached hydrogens (tertiary/aromatic N) is 4. The van der Waals surface area contributed by atoms with Gasteiger partial charge in [-0.2, -0.15) is 5.10 Å². The summed E-state index contributed by atoms with van der Waals surface area (Å²) < 4.78 is 3.38. The van der Waals surface area contributed by atoms with E-state index in [0.29, 0.717) is 16.3 Å². The first-order valence-electron chi connectivity index (χ1n) is 4.76. The Kier molecular flexibility index (Phi) is 1.70. The predicted molar refractivity (Wildman–Crippen MR) is 58.1 cm³/mol. The van der Waals surface area contributed by atoms with E-state index in [1.54, 1.807) is 34.3 Å². The summed E-state index contributed by atoms with van der Waals surface area (Å²) >= 11 is 1.64. The summed E-state index contributed by atoms with van der Waals surface area (Å²) in [4.78, 5) is 16.5. The molecule has 0 radical (unpaired) electrons. The summed E-state index contributed by atoms with van der Waals surface area (Å²) in [6.45, 7) is 2.85. The molecular weight excluding hydrogens is 212 g/mol. The Morgan fingerprint density at radius 1 is 1.60 bits per heavy atom. The predicted octanol–water partition coefficient (Wildman–Crippen LogP) is 0.624. The third kappa shape index (κ3) is 1.14. The van der Waals surface area contributed by atoms with Crippen LogP contribution < -0.4 is 5.56 Å². The van der Waals surface area contributed by atoms with Gasteiger partial charge in [0.25, 0.3) is 5.56 Å². The van der Waals surface area contributed by atoms with Gasteiger partial charge in [-0.15, -0.1) is 0 Å². The highest BCUT2D eigenvalue weighted by Gasteiger charge is 2.23. The highest BCUT2D eigenvalue weighted by Crippen LogP contribution is 2.29. The van der Waals surface area contributed by atoms with Gasteiger partial charge in [0.1, 0.15) is 5.39 Å². The van der Waals surface area contributed by atoms with Crippen molar-refractivity contribution in [1.29, 1.82) is 0 Å². The topological polar surface area (TPSA) is 52.7 Å². The van der Waals surface area contributed by atoms with E-state index in [0.717, 1.165) is 11.7 Å². The summed E-state index contributed by atoms with van der Waals surface area (Å²) in [5.41, 5.74) is 0.702. The SMILES string of the molecule is CC1Cn2c(nc3c(cnn3C)c2=O)S1. The summed E-state index contributed by atoms with van der Waals surface area (Å²) in [7, 11) is 1.80. The molecule has 0 aromatic carbocycles. The van der Waals surface area contributed by atoms with Gasteiger partial charge in [-0.1, -0.05) is 18.7 Å². The van der Waals surface area contributed by atoms with Gasteiger partial charge < -0.3 is 0 Å². The number of thioether (sulfide) groups is 1. The second-order valence-corrected chi connectivity index (χ2v) is 5.15. The van der Waals surface area contributed by atoms with Gasteiger partial charge in [0.2, 0.25) is 0 Å². The molecule has 2 aromatic rings. The zero-order valence-electron chi connectivity index (χ0n) is 8.47. The number of aromatic nitrogens is 4. The fourth-order valence-corrected chi connectivity index (χ4v) is 2.83. The quantitative estimate of drug-likeness (QED) is 0.613. The monoisotopic (exact) mass is 222 g/mol. The van der Waals surface area contributed by atoms with Crippen molar-refractivity contribution in [1.82, 2.24) is 19.3 Å². The molecule has 78 valence electrons. The number of fused-ring (bicyclic) bond motifs is 2. The van der Waals surface area contributed by atoms with Gasteiger partial charge in [0.05, 0.1) is 6.20 Å². The van der Waals surface area contributed by atoms with Gasteiger partial charge in [-0.25, -0.2) is 4.98 Å². The normalized spacial score (nSPS) is 19.7. The van der Waals surface area contributed by atoms with Crippen LogP contribution in [0.4, 0.5) is 0 Å². The Labute approximate surface area is 90.1 Å². The van der Waals surface area contributed by atoms with E-state index in [9.17, 15) is 4.79 Å². The summed E-state index contributed by atoms with van der Waals surface area (Å²) in [5.74, 6) is 0. The first kappa shape index (κ1) is 8.96. The average molecular weight is 222 g/mol. The Hall–Kier alpha value is -1.30. The standard InChI is InChI=1S/C9H10N4OS/c1-5-4-13-8(14)6-3-10-12(2)7(6)11-9(13)15-5/h3,5H,4H2,1-2H3. The fraction of sp³-hybridized carbons (Fsp3) is 0.444. The summed E-state index contributed by atoms with van der Waals surface area (Å²) in [5, 5.41) is 5.89. The molecule has 1 aliphatic heterocycles. The van der Waals surface area contributed by atoms with Crippen molar-refractivity contribution in [3.63, 3.8) is 0 Å². The molecule has 1 unspecified atom stereocenters. The van der Waals surface area contributed by atoms with Crippen LogP contribution in [0.2, 0.25) is 0 Å². The molecule has 6 heteroatoms. The van der Waals surface area contributed by atoms with E-state index in [-0.39, 0.29) is 5.56 Å². The Balaban J connectivity index is 2.41. The molecule has 1 atom stereocenters. The van der Waals surface area contributed by atoms with E-state index in [2.05, 4.69) is 17.0 Å². The smallest absolute Gasteiger partial charge is 0.265 e. The lowest BCUT2D eigenvalue weighted by Crippen LogP contribution is -2.21. The zero-order chi connectivity index (χ0) is 10.6. The Morgan fingerprint density at radius 2 is 2.40 bits per heavy atom. The zero-order valence-corrected chi connectivity index (χ0v) is 9.28. The highest BCUT2D eigenvalue weighted by molar-refractivity contribution is 7.99. The van der Waals surface area contributed by atoms with E-state index in [1.165, 1.54) is 0 Å². The van der Waals surface area contributed by atoms with Crippen LogP contribution in [0.3, 0.4) is 0 Å². The van der Waals surface area contributed by atoms with Crippen LogP contribution in [0.1, 0.15) is 6.92 Å². The molecule has 0 fully saturated rings. The van der Waals surface area contributed by atoms with Crippen LogP contribution in [0.5, 0.6) is 0 Å². The fourth-order valence-electron chi connectivity index (χ4n) is 1.82. The molecule has 0 saturated carbocycles. The lowest BCUT2D eigenvalue weighted by Gasteiger charge is -2.00. The molecule has 3 rings (SSSR count). The largest absolute Gasteiger partial charge is 0.286 e. The Bertz CT molecular complexity index is 600. The van der Waals surface area contributed by atoms with Crippen molar-refractivity contribution >= 4 is 22.8 Å². The number of hydrogen-bond donors (Lipinski definition) is 0. The van der Waals surface area contributed by atoms with Gasteiger partial charge in [-0.05, 0) is 0 Å². The van der Waals surface area contributed by atoms with Gasteiger partial charge in [-0.3, -0.25) is 14.0 Å². The molecule has 2 aromatic heterocycles. The van der Waals surface area contributed by atoms with Crippen LogP contribution in [-0.4, -0.2) is 24.6 Å². The van der Waals surface area contributed by atoms with Crippen LogP contribution in [0.25, 0.3) is 11.0 Å². The lowest BCUT2D eigenvalue weighted by atomic mass is 10.4. The summed E-state index contributed by atoms with van der Waals surface area (Å²) in [6.07, 6.45) is 1.59. The van der Waals surface area contributed by atoms with Crippen molar-refractivity contribution in [3.8, 4) is 0 Å². The first-order chi connectivity index (χ1) is 7.16. The van der Waals surface area contributed by atoms with Crippen molar-refractivity contribution in [3.05, 3.63) is 16.6 Å². The Morgan fingerprint density at radius 3 is 3.20 bits per heavy atom. The van der Waals surface area contributed by atoms with Crippen molar-refractivity contribution in [2.24, 2.45) is 7.05 Å². The third-order valence-electron chi connectivity index (χ3n) is 2.56. The highest BCUT2D eigenvalue weighted by atomic mass is 32.2. The molecule has 0 amide bonds. The molecule has 0 saturated heterocycles. The second kappa shape index (κ2) is 2.85. The first-order valence-corrected chi connectivity index (χ1v) is 5.64. The lowest BCUT2D eigenvalue weighted by molar-refractivity contribution is 0.625. The van der Waals surface area contributed by atoms with E-state index in [1.807, 2.05) is 0 Å². The van der Waals surface area contributed by atoms with Gasteiger partial charge in [0.15, 0.2) is 10.8 Å². The van der Waals surface area contributed by atoms with Crippen molar-refractivity contribution in [2.75, 3.05) is 0 Å². The van der Waals surface area contributed by atoms with Crippen LogP contribution >= 0.6 is 11.8 Å². The molecule has 0 spiro atoms. The van der Waals surface area contributed by atoms with Crippen LogP contribution in [0.15, 0.2) is 16.1 Å². The molecule has 15 heavy (non-hydrogen) atoms. The van der Waals surface area contributed by atoms with Crippen molar-refractivity contribution in [2.45, 2.75) is 23.9 Å². The van der Waals surface area contributed by atoms with Gasteiger partial charge >= 0.3 is 0 Å². The molecular formula is C9H10N4OS. The van der Waals surface area contributed by atoms with Crippen molar-refractivity contribution < 1.29 is 0 Å². The number of rotatable bonds is 0. The number of aryl methyl sites for hydroxylation is 1. The maximum Gasteiger partial charge on any atom is 0.265 e. The van der Waals surface area contributed by atoms with E-state index in [4.69, 9.17) is 0 Å². The molecule has 0 bridgehead atoms. The molecule has 5 nitrogen and oxygen atoms in total. The maximum atomic E-state index is 12.0. The minimum Gasteiger partial charge on any atom is -0.286 e. The van der Waals surface area contributed by atoms with Crippen LogP contribution in [-0.2, 0) is 13.6 Å². The maximum absolute atomic E-state index is 12.0. The minimum absolute atomic E-state index is 0.0277. The van der Waals surface area contributed by atoms with E-state index < -0.39 is 0 Å². The third-order valence-corrected chi connectivity index (χ3v) is 3.64. The second-order valence-electron chi connectivity index (χ2n) is 3.74. The summed E-state index contributed by atoms with van der Waals surface area (Å²) in [6, 6.07) is 0. The van der Waals surface area contributed by atoms with E-state index >= 15 is 0 Å². The minimum atomic E-state index is 0.0277. The molecule has 1 aliphatic rings. The molecule has 0 aliphatic carbocycles. The average Bonchev–Trinajstić information content (AvgIpc) is 2.72. The van der Waals surface area contributed by atoms with Gasteiger partial charge in [0, 0.05) is 18.8 Å².